The van der Waals surface area contributed by atoms with E-state index in [-0.39, 0.29) is 0 Å². The summed E-state index contributed by atoms with van der Waals surface area (Å²) in [4.78, 5) is 2.39. The second-order valence-electron chi connectivity index (χ2n) is 14.1. The number of nitrogens with zero attached hydrogens (tertiary/aromatic N) is 1. The first-order valence-corrected chi connectivity index (χ1v) is 19.1. The predicted molar refractivity (Wildman–Crippen MR) is 236 cm³/mol. The lowest BCUT2D eigenvalue weighted by molar-refractivity contribution is 0.669. The molecule has 1 aromatic heterocycles. The van der Waals surface area contributed by atoms with E-state index in [9.17, 15) is 0 Å². The average molecular weight is 716 g/mol. The summed E-state index contributed by atoms with van der Waals surface area (Å²) in [6.07, 6.45) is 0. The molecule has 0 unspecified atom stereocenters. The average Bonchev–Trinajstić information content (AvgIpc) is 3.66. The fourth-order valence-electron chi connectivity index (χ4n) is 8.01. The highest BCUT2D eigenvalue weighted by Gasteiger charge is 2.22. The highest BCUT2D eigenvalue weighted by Crippen LogP contribution is 2.47. The number of para-hydroxylation sites is 2. The summed E-state index contributed by atoms with van der Waals surface area (Å²) in [5, 5.41) is 2.20. The number of fused-ring (bicyclic) bond motifs is 3. The molecule has 0 atom stereocenters. The van der Waals surface area contributed by atoms with Gasteiger partial charge >= 0.3 is 0 Å². The first-order valence-electron chi connectivity index (χ1n) is 19.1. The first kappa shape index (κ1) is 33.2. The number of furan rings is 1. The van der Waals surface area contributed by atoms with Crippen LogP contribution in [0.5, 0.6) is 0 Å². The molecule has 2 heteroatoms. The maximum Gasteiger partial charge on any atom is 0.135 e. The van der Waals surface area contributed by atoms with Gasteiger partial charge in [0.1, 0.15) is 11.2 Å². The number of rotatable bonds is 8. The van der Waals surface area contributed by atoms with Gasteiger partial charge in [0.25, 0.3) is 0 Å². The Bertz CT molecular complexity index is 2950. The van der Waals surface area contributed by atoms with Crippen molar-refractivity contribution in [2.75, 3.05) is 4.90 Å². The van der Waals surface area contributed by atoms with Crippen molar-refractivity contribution in [2.45, 2.75) is 0 Å². The molecule has 0 N–H and O–H groups in total. The number of benzene rings is 9. The van der Waals surface area contributed by atoms with E-state index in [4.69, 9.17) is 4.42 Å². The molecule has 10 aromatic rings. The van der Waals surface area contributed by atoms with E-state index in [1.54, 1.807) is 0 Å². The quantitative estimate of drug-likeness (QED) is 0.156. The van der Waals surface area contributed by atoms with E-state index in [1.807, 2.05) is 12.1 Å². The van der Waals surface area contributed by atoms with E-state index < -0.39 is 0 Å². The fraction of sp³-hybridized carbons (Fsp3) is 0. The minimum atomic E-state index is 0.875. The number of anilines is 3. The van der Waals surface area contributed by atoms with E-state index in [2.05, 4.69) is 217 Å². The Kier molecular flexibility index (Phi) is 8.55. The summed E-state index contributed by atoms with van der Waals surface area (Å²) in [5.41, 5.74) is 16.8. The molecule has 0 aliphatic carbocycles. The molecule has 2 nitrogen and oxygen atoms in total. The molecule has 0 fully saturated rings. The van der Waals surface area contributed by atoms with Crippen LogP contribution in [0.3, 0.4) is 0 Å². The van der Waals surface area contributed by atoms with E-state index >= 15 is 0 Å². The Hall–Kier alpha value is -7.42. The Labute approximate surface area is 327 Å². The SMILES string of the molecule is c1ccc(-c2ccc(N(c3ccc4oc5ccccc5c4c3)c3ccccc3-c3ccccc3-c3cc(-c4ccccc4)ccc3-c3ccccc3)cc2)cc1. The van der Waals surface area contributed by atoms with Crippen LogP contribution in [-0.4, -0.2) is 0 Å². The minimum absolute atomic E-state index is 0.875. The summed E-state index contributed by atoms with van der Waals surface area (Å²) in [5.74, 6) is 0. The lowest BCUT2D eigenvalue weighted by atomic mass is 9.87. The highest BCUT2D eigenvalue weighted by molar-refractivity contribution is 6.07. The smallest absolute Gasteiger partial charge is 0.135 e. The van der Waals surface area contributed by atoms with Crippen LogP contribution >= 0.6 is 0 Å². The van der Waals surface area contributed by atoms with Gasteiger partial charge in [0.05, 0.1) is 5.69 Å². The van der Waals surface area contributed by atoms with Crippen molar-refractivity contribution in [3.05, 3.63) is 224 Å². The van der Waals surface area contributed by atoms with Crippen LogP contribution in [0.15, 0.2) is 229 Å². The maximum atomic E-state index is 6.29. The number of hydrogen-bond acceptors (Lipinski definition) is 2. The topological polar surface area (TPSA) is 16.4 Å². The molecule has 0 amide bonds. The third-order valence-electron chi connectivity index (χ3n) is 10.7. The Morgan fingerprint density at radius 1 is 0.268 bits per heavy atom. The third-order valence-corrected chi connectivity index (χ3v) is 10.7. The lowest BCUT2D eigenvalue weighted by Crippen LogP contribution is -2.11. The van der Waals surface area contributed by atoms with Gasteiger partial charge in [-0.1, -0.05) is 176 Å². The summed E-state index contributed by atoms with van der Waals surface area (Å²) in [7, 11) is 0. The summed E-state index contributed by atoms with van der Waals surface area (Å²) >= 11 is 0. The van der Waals surface area contributed by atoms with E-state index in [0.29, 0.717) is 0 Å². The fourth-order valence-corrected chi connectivity index (χ4v) is 8.01. The molecule has 0 radical (unpaired) electrons. The van der Waals surface area contributed by atoms with Crippen molar-refractivity contribution in [1.82, 2.24) is 0 Å². The van der Waals surface area contributed by atoms with Crippen LogP contribution in [-0.2, 0) is 0 Å². The zero-order valence-electron chi connectivity index (χ0n) is 30.7. The minimum Gasteiger partial charge on any atom is -0.456 e. The molecule has 0 saturated heterocycles. The summed E-state index contributed by atoms with van der Waals surface area (Å²) in [6, 6.07) is 80.2. The van der Waals surface area contributed by atoms with Crippen molar-refractivity contribution in [2.24, 2.45) is 0 Å². The van der Waals surface area contributed by atoms with Crippen molar-refractivity contribution in [3.63, 3.8) is 0 Å². The molecule has 0 aliphatic rings. The molecule has 1 heterocycles. The van der Waals surface area contributed by atoms with Crippen LogP contribution in [0.2, 0.25) is 0 Å². The van der Waals surface area contributed by atoms with Crippen LogP contribution in [0.25, 0.3) is 77.6 Å². The van der Waals surface area contributed by atoms with Crippen molar-refractivity contribution < 1.29 is 4.42 Å². The Balaban J connectivity index is 1.18. The van der Waals surface area contributed by atoms with Crippen LogP contribution in [0.1, 0.15) is 0 Å². The van der Waals surface area contributed by atoms with Gasteiger partial charge in [-0.15, -0.1) is 0 Å². The molecule has 0 spiro atoms. The molecular formula is C54H37NO. The lowest BCUT2D eigenvalue weighted by Gasteiger charge is -2.29. The number of hydrogen-bond donors (Lipinski definition) is 0. The van der Waals surface area contributed by atoms with E-state index in [0.717, 1.165) is 50.1 Å². The largest absolute Gasteiger partial charge is 0.456 e. The van der Waals surface area contributed by atoms with Crippen molar-refractivity contribution >= 4 is 39.0 Å². The normalized spacial score (nSPS) is 11.2. The highest BCUT2D eigenvalue weighted by atomic mass is 16.3. The van der Waals surface area contributed by atoms with Gasteiger partial charge in [-0.3, -0.25) is 0 Å². The molecule has 0 aliphatic heterocycles. The Morgan fingerprint density at radius 2 is 0.768 bits per heavy atom. The molecule has 9 aromatic carbocycles. The molecule has 10 rings (SSSR count). The maximum absolute atomic E-state index is 6.29. The van der Waals surface area contributed by atoms with Crippen LogP contribution in [0.4, 0.5) is 17.1 Å². The Morgan fingerprint density at radius 3 is 1.48 bits per heavy atom. The second-order valence-corrected chi connectivity index (χ2v) is 14.1. The van der Waals surface area contributed by atoms with Gasteiger partial charge in [-0.2, -0.15) is 0 Å². The van der Waals surface area contributed by atoms with Gasteiger partial charge in [-0.05, 0) is 98.6 Å². The zero-order valence-corrected chi connectivity index (χ0v) is 30.7. The molecule has 0 saturated carbocycles. The van der Waals surface area contributed by atoms with Gasteiger partial charge in [0.15, 0.2) is 0 Å². The predicted octanol–water partition coefficient (Wildman–Crippen LogP) is 15.4. The molecular weight excluding hydrogens is 679 g/mol. The zero-order chi connectivity index (χ0) is 37.3. The van der Waals surface area contributed by atoms with Gasteiger partial charge in [0.2, 0.25) is 0 Å². The molecule has 264 valence electrons. The van der Waals surface area contributed by atoms with Gasteiger partial charge in [0, 0.05) is 27.7 Å². The first-order chi connectivity index (χ1) is 27.8. The third kappa shape index (κ3) is 6.14. The molecule has 0 bridgehead atoms. The second kappa shape index (κ2) is 14.4. The van der Waals surface area contributed by atoms with Crippen molar-refractivity contribution in [1.29, 1.82) is 0 Å². The van der Waals surface area contributed by atoms with Crippen LogP contribution < -0.4 is 4.90 Å². The van der Waals surface area contributed by atoms with E-state index in [1.165, 1.54) is 44.5 Å². The van der Waals surface area contributed by atoms with Gasteiger partial charge < -0.3 is 9.32 Å². The standard InChI is InChI=1S/C54H37NO/c1-4-16-38(17-5-1)40-28-31-43(32-29-40)55(44-33-35-54-51(37-44)49-25-13-15-27-53(49)56-54)52-26-14-12-24-48(52)46-22-10-11-23-47(46)50-36-42(39-18-6-2-7-19-39)30-34-45(50)41-20-8-3-9-21-41/h1-37H. The van der Waals surface area contributed by atoms with Crippen molar-refractivity contribution in [3.8, 4) is 55.6 Å². The molecule has 56 heavy (non-hydrogen) atoms. The summed E-state index contributed by atoms with van der Waals surface area (Å²) in [6.45, 7) is 0. The van der Waals surface area contributed by atoms with Gasteiger partial charge in [-0.25, -0.2) is 0 Å². The summed E-state index contributed by atoms with van der Waals surface area (Å²) < 4.78 is 6.29. The monoisotopic (exact) mass is 715 g/mol. The van der Waals surface area contributed by atoms with Crippen LogP contribution in [0, 0.1) is 0 Å².